The maximum absolute atomic E-state index is 12.2. The molecule has 1 rings (SSSR count). The molecule has 4 heteroatoms. The lowest BCUT2D eigenvalue weighted by atomic mass is 9.87. The highest BCUT2D eigenvalue weighted by molar-refractivity contribution is 5.82. The molecule has 0 saturated carbocycles. The fourth-order valence-corrected chi connectivity index (χ4v) is 2.54. The van der Waals surface area contributed by atoms with Gasteiger partial charge in [0.15, 0.2) is 0 Å². The zero-order chi connectivity index (χ0) is 16.1. The summed E-state index contributed by atoms with van der Waals surface area (Å²) in [6.45, 7) is 8.25. The maximum Gasteiger partial charge on any atom is 0.330 e. The van der Waals surface area contributed by atoms with Gasteiger partial charge in [0.25, 0.3) is 0 Å². The molecule has 0 aromatic heterocycles. The van der Waals surface area contributed by atoms with Crippen LogP contribution in [-0.2, 0) is 15.1 Å². The first kappa shape index (κ1) is 17.7. The van der Waals surface area contributed by atoms with Crippen LogP contribution in [0.3, 0.4) is 0 Å². The molecule has 0 radical (unpaired) electrons. The van der Waals surface area contributed by atoms with Crippen molar-refractivity contribution in [1.29, 1.82) is 0 Å². The third kappa shape index (κ3) is 5.14. The van der Waals surface area contributed by atoms with E-state index in [-0.39, 0.29) is 5.41 Å². The monoisotopic (exact) mass is 292 g/mol. The van der Waals surface area contributed by atoms with Crippen molar-refractivity contribution in [3.05, 3.63) is 35.9 Å². The fourth-order valence-electron chi connectivity index (χ4n) is 2.54. The third-order valence-electron chi connectivity index (χ3n) is 3.47. The maximum atomic E-state index is 12.2. The van der Waals surface area contributed by atoms with Gasteiger partial charge in [0.1, 0.15) is 5.54 Å². The van der Waals surface area contributed by atoms with Gasteiger partial charge in [-0.05, 0) is 24.4 Å². The Hall–Kier alpha value is -1.39. The molecule has 0 saturated heterocycles. The van der Waals surface area contributed by atoms with Crippen molar-refractivity contribution >= 4 is 5.97 Å². The molecular weight excluding hydrogens is 264 g/mol. The average molecular weight is 292 g/mol. The lowest BCUT2D eigenvalue weighted by Crippen LogP contribution is -2.48. The summed E-state index contributed by atoms with van der Waals surface area (Å²) in [6, 6.07) is 9.44. The highest BCUT2D eigenvalue weighted by Gasteiger charge is 2.37. The summed E-state index contributed by atoms with van der Waals surface area (Å²) < 4.78 is 4.92. The zero-order valence-corrected chi connectivity index (χ0v) is 13.8. The summed E-state index contributed by atoms with van der Waals surface area (Å²) in [7, 11) is 3.43. The van der Waals surface area contributed by atoms with Gasteiger partial charge in [0.05, 0.1) is 7.11 Å². The molecule has 0 aliphatic rings. The van der Waals surface area contributed by atoms with Crippen LogP contribution in [0.5, 0.6) is 0 Å². The fraction of sp³-hybridized carbons (Fsp3) is 0.588. The summed E-state index contributed by atoms with van der Waals surface area (Å²) in [5.41, 5.74) is 6.29. The van der Waals surface area contributed by atoms with Crippen LogP contribution >= 0.6 is 0 Å². The molecule has 0 amide bonds. The number of hydrogen-bond acceptors (Lipinski definition) is 4. The first-order valence-corrected chi connectivity index (χ1v) is 7.30. The molecule has 1 atom stereocenters. The molecule has 0 fully saturated rings. The average Bonchev–Trinajstić information content (AvgIpc) is 2.43. The number of methoxy groups -OCH3 is 1. The van der Waals surface area contributed by atoms with Crippen LogP contribution in [0.4, 0.5) is 0 Å². The van der Waals surface area contributed by atoms with E-state index in [4.69, 9.17) is 10.5 Å². The van der Waals surface area contributed by atoms with Crippen LogP contribution in [0.25, 0.3) is 0 Å². The lowest BCUT2D eigenvalue weighted by molar-refractivity contribution is -0.148. The van der Waals surface area contributed by atoms with Crippen molar-refractivity contribution in [3.63, 3.8) is 0 Å². The highest BCUT2D eigenvalue weighted by atomic mass is 16.5. The number of hydrogen-bond donors (Lipinski definition) is 1. The first-order valence-electron chi connectivity index (χ1n) is 7.30. The van der Waals surface area contributed by atoms with E-state index in [1.807, 2.05) is 37.4 Å². The van der Waals surface area contributed by atoms with Crippen molar-refractivity contribution in [2.75, 3.05) is 27.2 Å². The Labute approximate surface area is 128 Å². The first-order chi connectivity index (χ1) is 9.69. The van der Waals surface area contributed by atoms with E-state index in [1.54, 1.807) is 0 Å². The number of benzene rings is 1. The molecule has 1 unspecified atom stereocenters. The van der Waals surface area contributed by atoms with Crippen molar-refractivity contribution in [3.8, 4) is 0 Å². The molecule has 0 aliphatic heterocycles. The molecule has 1 aromatic rings. The second-order valence-electron chi connectivity index (χ2n) is 6.88. The van der Waals surface area contributed by atoms with E-state index < -0.39 is 11.5 Å². The zero-order valence-electron chi connectivity index (χ0n) is 13.8. The van der Waals surface area contributed by atoms with Gasteiger partial charge in [-0.2, -0.15) is 0 Å². The van der Waals surface area contributed by atoms with Crippen molar-refractivity contribution in [2.24, 2.45) is 11.1 Å². The Balaban J connectivity index is 2.83. The van der Waals surface area contributed by atoms with Gasteiger partial charge in [0, 0.05) is 13.1 Å². The van der Waals surface area contributed by atoms with Crippen LogP contribution in [0.1, 0.15) is 32.8 Å². The summed E-state index contributed by atoms with van der Waals surface area (Å²) in [5.74, 6) is -0.391. The summed E-state index contributed by atoms with van der Waals surface area (Å²) in [4.78, 5) is 14.4. The van der Waals surface area contributed by atoms with Crippen molar-refractivity contribution in [2.45, 2.75) is 32.7 Å². The number of carbonyl (C=O) groups is 1. The second kappa shape index (κ2) is 7.05. The summed E-state index contributed by atoms with van der Waals surface area (Å²) >= 11 is 0. The number of rotatable bonds is 6. The van der Waals surface area contributed by atoms with Crippen LogP contribution in [0.2, 0.25) is 0 Å². The molecule has 0 heterocycles. The second-order valence-corrected chi connectivity index (χ2v) is 6.88. The Morgan fingerprint density at radius 1 is 1.24 bits per heavy atom. The summed E-state index contributed by atoms with van der Waals surface area (Å²) in [5, 5.41) is 0. The smallest absolute Gasteiger partial charge is 0.330 e. The van der Waals surface area contributed by atoms with E-state index in [9.17, 15) is 4.79 Å². The number of ether oxygens (including phenoxy) is 1. The predicted octanol–water partition coefficient (Wildman–Crippen LogP) is 2.38. The molecule has 0 aliphatic carbocycles. The van der Waals surface area contributed by atoms with Gasteiger partial charge in [-0.3, -0.25) is 0 Å². The lowest BCUT2D eigenvalue weighted by Gasteiger charge is -2.31. The van der Waals surface area contributed by atoms with Crippen molar-refractivity contribution in [1.82, 2.24) is 4.90 Å². The predicted molar refractivity (Wildman–Crippen MR) is 85.9 cm³/mol. The highest BCUT2D eigenvalue weighted by Crippen LogP contribution is 2.25. The van der Waals surface area contributed by atoms with Gasteiger partial charge in [0.2, 0.25) is 0 Å². The standard InChI is InChI=1S/C17H28N2O2/c1-16(2,3)13-19(4)12-11-17(18,15(20)21-5)14-9-7-6-8-10-14/h6-10H,11-13,18H2,1-5H3. The number of carbonyl (C=O) groups excluding carboxylic acids is 1. The van der Waals surface area contributed by atoms with E-state index >= 15 is 0 Å². The van der Waals surface area contributed by atoms with Gasteiger partial charge < -0.3 is 15.4 Å². The van der Waals surface area contributed by atoms with Gasteiger partial charge in [-0.15, -0.1) is 0 Å². The molecule has 2 N–H and O–H groups in total. The molecule has 0 bridgehead atoms. The third-order valence-corrected chi connectivity index (χ3v) is 3.47. The van der Waals surface area contributed by atoms with Gasteiger partial charge >= 0.3 is 5.97 Å². The Kier molecular flexibility index (Phi) is 5.93. The van der Waals surface area contributed by atoms with Gasteiger partial charge in [-0.25, -0.2) is 4.79 Å². The Morgan fingerprint density at radius 2 is 1.81 bits per heavy atom. The number of nitrogens with zero attached hydrogens (tertiary/aromatic N) is 1. The van der Waals surface area contributed by atoms with E-state index in [2.05, 4.69) is 25.7 Å². The molecule has 4 nitrogen and oxygen atoms in total. The Bertz CT molecular complexity index is 454. The topological polar surface area (TPSA) is 55.6 Å². The molecule has 21 heavy (non-hydrogen) atoms. The molecule has 118 valence electrons. The summed E-state index contributed by atoms with van der Waals surface area (Å²) in [6.07, 6.45) is 0.524. The van der Waals surface area contributed by atoms with Gasteiger partial charge in [-0.1, -0.05) is 51.1 Å². The molecular formula is C17H28N2O2. The Morgan fingerprint density at radius 3 is 2.29 bits per heavy atom. The van der Waals surface area contributed by atoms with Crippen LogP contribution < -0.4 is 5.73 Å². The van der Waals surface area contributed by atoms with E-state index in [1.165, 1.54) is 7.11 Å². The quantitative estimate of drug-likeness (QED) is 0.818. The minimum absolute atomic E-state index is 0.212. The number of nitrogens with two attached hydrogens (primary N) is 1. The van der Waals surface area contributed by atoms with Crippen LogP contribution in [0, 0.1) is 5.41 Å². The number of esters is 1. The van der Waals surface area contributed by atoms with Crippen LogP contribution in [0.15, 0.2) is 30.3 Å². The van der Waals surface area contributed by atoms with E-state index in [0.29, 0.717) is 6.42 Å². The molecule has 0 spiro atoms. The molecule has 1 aromatic carbocycles. The minimum Gasteiger partial charge on any atom is -0.467 e. The van der Waals surface area contributed by atoms with Crippen molar-refractivity contribution < 1.29 is 9.53 Å². The largest absolute Gasteiger partial charge is 0.467 e. The SMILES string of the molecule is COC(=O)C(N)(CCN(C)CC(C)(C)C)c1ccccc1. The van der Waals surface area contributed by atoms with Crippen LogP contribution in [-0.4, -0.2) is 38.1 Å². The minimum atomic E-state index is -1.10. The van der Waals surface area contributed by atoms with E-state index in [0.717, 1.165) is 18.7 Å². The normalized spacial score (nSPS) is 14.8.